The molecular formula is C14H21ClN2O2. The number of benzene rings is 1. The van der Waals surface area contributed by atoms with Crippen molar-refractivity contribution in [1.82, 2.24) is 0 Å². The van der Waals surface area contributed by atoms with E-state index in [1.54, 1.807) is 18.2 Å². The quantitative estimate of drug-likeness (QED) is 0.808. The van der Waals surface area contributed by atoms with Crippen LogP contribution in [0.3, 0.4) is 0 Å². The molecule has 5 heteroatoms. The van der Waals surface area contributed by atoms with Gasteiger partial charge in [0.2, 0.25) is 5.91 Å². The molecule has 0 spiro atoms. The summed E-state index contributed by atoms with van der Waals surface area (Å²) in [7, 11) is 0. The van der Waals surface area contributed by atoms with E-state index in [2.05, 4.69) is 5.32 Å². The molecule has 0 aliphatic rings. The van der Waals surface area contributed by atoms with Gasteiger partial charge in [0, 0.05) is 17.5 Å². The molecule has 106 valence electrons. The smallest absolute Gasteiger partial charge is 0.224 e. The van der Waals surface area contributed by atoms with Gasteiger partial charge in [-0.1, -0.05) is 18.5 Å². The molecule has 0 aliphatic carbocycles. The summed E-state index contributed by atoms with van der Waals surface area (Å²) >= 11 is 5.93. The number of carbonyl (C=O) groups excluding carboxylic acids is 1. The summed E-state index contributed by atoms with van der Waals surface area (Å²) in [6.45, 7) is 4.50. The van der Waals surface area contributed by atoms with Crippen molar-refractivity contribution in [3.8, 4) is 5.75 Å². The highest BCUT2D eigenvalue weighted by Crippen LogP contribution is 2.28. The van der Waals surface area contributed by atoms with Crippen LogP contribution in [0, 0.1) is 0 Å². The molecule has 0 radical (unpaired) electrons. The molecule has 0 heterocycles. The molecule has 3 N–H and O–H groups in total. The second kappa shape index (κ2) is 8.02. The highest BCUT2D eigenvalue weighted by atomic mass is 35.5. The molecule has 1 rings (SSSR count). The Morgan fingerprint density at radius 1 is 1.53 bits per heavy atom. The van der Waals surface area contributed by atoms with Crippen LogP contribution in [0.25, 0.3) is 0 Å². The molecular weight excluding hydrogens is 264 g/mol. The van der Waals surface area contributed by atoms with Crippen molar-refractivity contribution in [2.45, 2.75) is 39.2 Å². The van der Waals surface area contributed by atoms with E-state index in [0.717, 1.165) is 6.42 Å². The molecule has 0 saturated carbocycles. The van der Waals surface area contributed by atoms with Crippen molar-refractivity contribution < 1.29 is 9.53 Å². The molecule has 19 heavy (non-hydrogen) atoms. The molecule has 1 unspecified atom stereocenters. The normalized spacial score (nSPS) is 12.0. The number of amides is 1. The lowest BCUT2D eigenvalue weighted by Gasteiger charge is -2.13. The van der Waals surface area contributed by atoms with E-state index < -0.39 is 0 Å². The van der Waals surface area contributed by atoms with E-state index in [0.29, 0.717) is 35.9 Å². The SMILES string of the molecule is CCCOc1ccc(Cl)cc1NC(=O)CCC(C)N. The molecule has 1 atom stereocenters. The Bertz CT molecular complexity index is 422. The maximum atomic E-state index is 11.8. The summed E-state index contributed by atoms with van der Waals surface area (Å²) in [6.07, 6.45) is 1.94. The summed E-state index contributed by atoms with van der Waals surface area (Å²) in [5.41, 5.74) is 6.24. The Morgan fingerprint density at radius 2 is 2.26 bits per heavy atom. The zero-order valence-corrected chi connectivity index (χ0v) is 12.2. The minimum absolute atomic E-state index is 0.0147. The average molecular weight is 285 g/mol. The van der Waals surface area contributed by atoms with Gasteiger partial charge in [0.05, 0.1) is 12.3 Å². The van der Waals surface area contributed by atoms with Crippen molar-refractivity contribution in [2.24, 2.45) is 5.73 Å². The van der Waals surface area contributed by atoms with Crippen LogP contribution < -0.4 is 15.8 Å². The van der Waals surface area contributed by atoms with Gasteiger partial charge in [-0.2, -0.15) is 0 Å². The van der Waals surface area contributed by atoms with Crippen LogP contribution in [0.15, 0.2) is 18.2 Å². The lowest BCUT2D eigenvalue weighted by Crippen LogP contribution is -2.19. The average Bonchev–Trinajstić information content (AvgIpc) is 2.35. The van der Waals surface area contributed by atoms with E-state index in [1.165, 1.54) is 0 Å². The van der Waals surface area contributed by atoms with Crippen LogP contribution in [0.5, 0.6) is 5.75 Å². The van der Waals surface area contributed by atoms with Crippen molar-refractivity contribution in [1.29, 1.82) is 0 Å². The number of nitrogens with one attached hydrogen (secondary N) is 1. The summed E-state index contributed by atoms with van der Waals surface area (Å²) in [6, 6.07) is 5.21. The first-order valence-corrected chi connectivity index (χ1v) is 6.88. The molecule has 0 aromatic heterocycles. The molecule has 1 aromatic carbocycles. The molecule has 1 aromatic rings. The highest BCUT2D eigenvalue weighted by molar-refractivity contribution is 6.31. The molecule has 4 nitrogen and oxygen atoms in total. The largest absolute Gasteiger partial charge is 0.491 e. The maximum Gasteiger partial charge on any atom is 0.224 e. The number of ether oxygens (including phenoxy) is 1. The number of rotatable bonds is 7. The van der Waals surface area contributed by atoms with Crippen molar-refractivity contribution in [2.75, 3.05) is 11.9 Å². The standard InChI is InChI=1S/C14H21ClN2O2/c1-3-8-19-13-6-5-11(15)9-12(13)17-14(18)7-4-10(2)16/h5-6,9-10H,3-4,7-8,16H2,1-2H3,(H,17,18). The highest BCUT2D eigenvalue weighted by Gasteiger charge is 2.09. The Hall–Kier alpha value is -1.26. The number of anilines is 1. The maximum absolute atomic E-state index is 11.8. The van der Waals surface area contributed by atoms with Crippen LogP contribution >= 0.6 is 11.6 Å². The van der Waals surface area contributed by atoms with E-state index in [-0.39, 0.29) is 11.9 Å². The second-order valence-corrected chi connectivity index (χ2v) is 4.99. The number of nitrogens with two attached hydrogens (primary N) is 1. The van der Waals surface area contributed by atoms with Crippen LogP contribution in [0.2, 0.25) is 5.02 Å². The number of carbonyl (C=O) groups is 1. The zero-order valence-electron chi connectivity index (χ0n) is 11.4. The van der Waals surface area contributed by atoms with Crippen LogP contribution in [0.1, 0.15) is 33.1 Å². The fourth-order valence-electron chi connectivity index (χ4n) is 1.51. The van der Waals surface area contributed by atoms with Gasteiger partial charge < -0.3 is 15.8 Å². The summed E-state index contributed by atoms with van der Waals surface area (Å²) in [5, 5.41) is 3.37. The van der Waals surface area contributed by atoms with E-state index in [4.69, 9.17) is 22.1 Å². The molecule has 0 aliphatic heterocycles. The van der Waals surface area contributed by atoms with Crippen LogP contribution in [0.4, 0.5) is 5.69 Å². The van der Waals surface area contributed by atoms with Gasteiger partial charge in [0.25, 0.3) is 0 Å². The molecule has 0 saturated heterocycles. The van der Waals surface area contributed by atoms with Crippen molar-refractivity contribution >= 4 is 23.2 Å². The van der Waals surface area contributed by atoms with Gasteiger partial charge >= 0.3 is 0 Å². The molecule has 1 amide bonds. The lowest BCUT2D eigenvalue weighted by atomic mass is 10.2. The summed E-state index contributed by atoms with van der Waals surface area (Å²) in [4.78, 5) is 11.8. The van der Waals surface area contributed by atoms with Crippen LogP contribution in [-0.4, -0.2) is 18.6 Å². The van der Waals surface area contributed by atoms with Gasteiger partial charge in [-0.3, -0.25) is 4.79 Å². The fourth-order valence-corrected chi connectivity index (χ4v) is 1.68. The number of hydrogen-bond acceptors (Lipinski definition) is 3. The third kappa shape index (κ3) is 5.94. The van der Waals surface area contributed by atoms with Crippen LogP contribution in [-0.2, 0) is 4.79 Å². The Balaban J connectivity index is 2.69. The van der Waals surface area contributed by atoms with Crippen molar-refractivity contribution in [3.63, 3.8) is 0 Å². The third-order valence-corrected chi connectivity index (χ3v) is 2.74. The topological polar surface area (TPSA) is 64.3 Å². The van der Waals surface area contributed by atoms with Gasteiger partial charge in [0.1, 0.15) is 5.75 Å². The fraction of sp³-hybridized carbons (Fsp3) is 0.500. The lowest BCUT2D eigenvalue weighted by molar-refractivity contribution is -0.116. The van der Waals surface area contributed by atoms with E-state index >= 15 is 0 Å². The van der Waals surface area contributed by atoms with Gasteiger partial charge in [-0.05, 0) is 38.0 Å². The number of hydrogen-bond donors (Lipinski definition) is 2. The first-order chi connectivity index (χ1) is 9.02. The van der Waals surface area contributed by atoms with E-state index in [9.17, 15) is 4.79 Å². The predicted molar refractivity (Wildman–Crippen MR) is 78.8 cm³/mol. The minimum atomic E-state index is -0.0825. The van der Waals surface area contributed by atoms with Gasteiger partial charge in [0.15, 0.2) is 0 Å². The number of halogens is 1. The third-order valence-electron chi connectivity index (χ3n) is 2.50. The van der Waals surface area contributed by atoms with Gasteiger partial charge in [-0.25, -0.2) is 0 Å². The summed E-state index contributed by atoms with van der Waals surface area (Å²) in [5.74, 6) is 0.557. The zero-order chi connectivity index (χ0) is 14.3. The van der Waals surface area contributed by atoms with Gasteiger partial charge in [-0.15, -0.1) is 0 Å². The molecule has 0 bridgehead atoms. The van der Waals surface area contributed by atoms with E-state index in [1.807, 2.05) is 13.8 Å². The minimum Gasteiger partial charge on any atom is -0.491 e. The summed E-state index contributed by atoms with van der Waals surface area (Å²) < 4.78 is 5.57. The molecule has 0 fully saturated rings. The Labute approximate surface area is 119 Å². The Kier molecular flexibility index (Phi) is 6.67. The Morgan fingerprint density at radius 3 is 2.89 bits per heavy atom. The predicted octanol–water partition coefficient (Wildman–Crippen LogP) is 3.19. The monoisotopic (exact) mass is 284 g/mol. The first kappa shape index (κ1) is 15.8. The van der Waals surface area contributed by atoms with Crippen molar-refractivity contribution in [3.05, 3.63) is 23.2 Å². The first-order valence-electron chi connectivity index (χ1n) is 6.50. The second-order valence-electron chi connectivity index (χ2n) is 4.55.